The van der Waals surface area contributed by atoms with Crippen LogP contribution in [0.4, 0.5) is 4.79 Å². The van der Waals surface area contributed by atoms with Gasteiger partial charge in [-0.1, -0.05) is 121 Å². The van der Waals surface area contributed by atoms with Gasteiger partial charge in [0, 0.05) is 19.6 Å². The Morgan fingerprint density at radius 3 is 2.07 bits per heavy atom. The second-order valence-electron chi connectivity index (χ2n) is 12.8. The van der Waals surface area contributed by atoms with Crippen LogP contribution in [0.2, 0.25) is 0 Å². The summed E-state index contributed by atoms with van der Waals surface area (Å²) in [7, 11) is -4.36. The van der Waals surface area contributed by atoms with Crippen LogP contribution in [0.3, 0.4) is 0 Å². The number of carbonyl (C=O) groups is 1. The third-order valence-corrected chi connectivity index (χ3v) is 10.4. The number of hydrogen-bond acceptors (Lipinski definition) is 7. The first-order valence-corrected chi connectivity index (χ1v) is 20.4. The lowest BCUT2D eigenvalue weighted by Crippen LogP contribution is -2.44. The molecule has 1 aromatic heterocycles. The predicted molar refractivity (Wildman–Crippen MR) is 182 cm³/mol. The molecule has 1 aromatic rings. The number of unbranched alkanes of at least 4 members (excludes halogenated alkanes) is 15. The molecule has 45 heavy (non-hydrogen) atoms. The molecule has 1 saturated heterocycles. The van der Waals surface area contributed by atoms with Crippen molar-refractivity contribution in [2.45, 2.75) is 167 Å². The smallest absolute Gasteiger partial charge is 0.446 e. The molecule has 0 saturated carbocycles. The number of carbonyl (C=O) groups excluding carboxylic acids is 1. The maximum Gasteiger partial charge on any atom is 0.472 e. The van der Waals surface area contributed by atoms with Crippen molar-refractivity contribution in [3.8, 4) is 0 Å². The van der Waals surface area contributed by atoms with E-state index in [2.05, 4.69) is 19.2 Å². The summed E-state index contributed by atoms with van der Waals surface area (Å²) in [4.78, 5) is 22.8. The molecule has 1 aliphatic heterocycles. The number of ether oxygens (including phenoxy) is 2. The molecule has 11 heteroatoms. The SMILES string of the molecule is CCCCCCCCCCCCCCCCCCNC(=O)OCC1(COP(=O)(O)OC(C)C(CCC)[n+]2ccsc2)CCCO1. The van der Waals surface area contributed by atoms with Crippen molar-refractivity contribution in [2.75, 3.05) is 26.4 Å². The molecule has 2 N–H and O–H groups in total. The number of aromatic nitrogens is 1. The Morgan fingerprint density at radius 2 is 1.56 bits per heavy atom. The van der Waals surface area contributed by atoms with E-state index in [0.717, 1.165) is 32.1 Å². The normalized spacial score (nSPS) is 19.3. The number of hydrogen-bond donors (Lipinski definition) is 2. The third kappa shape index (κ3) is 18.2. The van der Waals surface area contributed by atoms with Gasteiger partial charge in [0.2, 0.25) is 5.51 Å². The van der Waals surface area contributed by atoms with Gasteiger partial charge < -0.3 is 19.7 Å². The van der Waals surface area contributed by atoms with Gasteiger partial charge in [-0.05, 0) is 32.6 Å². The van der Waals surface area contributed by atoms with Crippen molar-refractivity contribution in [1.29, 1.82) is 0 Å². The van der Waals surface area contributed by atoms with Crippen molar-refractivity contribution in [3.63, 3.8) is 0 Å². The number of nitrogens with one attached hydrogen (secondary N) is 1. The van der Waals surface area contributed by atoms with Crippen LogP contribution in [0.15, 0.2) is 17.1 Å². The Bertz CT molecular complexity index is 914. The topological polar surface area (TPSA) is 107 Å². The van der Waals surface area contributed by atoms with Crippen LogP contribution >= 0.6 is 19.2 Å². The molecule has 4 unspecified atom stereocenters. The summed E-state index contributed by atoms with van der Waals surface area (Å²) in [5.74, 6) is 0. The van der Waals surface area contributed by atoms with E-state index in [1.54, 1.807) is 18.3 Å². The van der Waals surface area contributed by atoms with Gasteiger partial charge in [-0.25, -0.2) is 9.36 Å². The summed E-state index contributed by atoms with van der Waals surface area (Å²) in [6.07, 6.45) is 24.9. The van der Waals surface area contributed by atoms with Crippen molar-refractivity contribution in [3.05, 3.63) is 17.1 Å². The first kappa shape index (κ1) is 40.1. The van der Waals surface area contributed by atoms with Crippen molar-refractivity contribution >= 4 is 25.3 Å². The van der Waals surface area contributed by atoms with E-state index in [4.69, 9.17) is 18.5 Å². The highest BCUT2D eigenvalue weighted by Gasteiger charge is 2.41. The first-order valence-electron chi connectivity index (χ1n) is 17.9. The van der Waals surface area contributed by atoms with E-state index >= 15 is 0 Å². The summed E-state index contributed by atoms with van der Waals surface area (Å²) in [6.45, 7) is 6.94. The molecule has 1 fully saturated rings. The molecule has 2 rings (SSSR count). The summed E-state index contributed by atoms with van der Waals surface area (Å²) >= 11 is 1.56. The largest absolute Gasteiger partial charge is 0.472 e. The molecular weight excluding hydrogens is 611 g/mol. The number of thiazole rings is 1. The lowest BCUT2D eigenvalue weighted by Gasteiger charge is -2.29. The monoisotopic (exact) mass is 675 g/mol. The van der Waals surface area contributed by atoms with Crippen LogP contribution in [0, 0.1) is 0 Å². The van der Waals surface area contributed by atoms with Gasteiger partial charge >= 0.3 is 13.9 Å². The quantitative estimate of drug-likeness (QED) is 0.0518. The molecule has 9 nitrogen and oxygen atoms in total. The minimum atomic E-state index is -4.36. The summed E-state index contributed by atoms with van der Waals surface area (Å²) in [6, 6.07) is -0.0802. The molecule has 0 bridgehead atoms. The highest BCUT2D eigenvalue weighted by Crippen LogP contribution is 2.47. The molecule has 1 amide bonds. The molecule has 0 radical (unpaired) electrons. The first-order chi connectivity index (χ1) is 21.8. The maximum atomic E-state index is 12.9. The fourth-order valence-corrected chi connectivity index (χ4v) is 7.67. The van der Waals surface area contributed by atoms with E-state index in [1.165, 1.54) is 89.9 Å². The lowest BCUT2D eigenvalue weighted by atomic mass is 10.0. The lowest BCUT2D eigenvalue weighted by molar-refractivity contribution is -0.725. The predicted octanol–water partition coefficient (Wildman–Crippen LogP) is 9.44. The standard InChI is InChI=1S/C34H63N2O7PS/c1-4-6-7-8-9-10-11-12-13-14-15-16-17-18-19-20-24-35-33(37)40-28-34(23-21-26-41-34)29-42-44(38,39)43-31(3)32(22-5-2)36-25-27-45-30-36/h25,27,30-32H,4-24,26,28-29H2,1-3H3,(H-,35,37,38,39)/p+1. The van der Waals surface area contributed by atoms with Crippen molar-refractivity contribution in [1.82, 2.24) is 5.32 Å². The van der Waals surface area contributed by atoms with Crippen LogP contribution in [0.5, 0.6) is 0 Å². The van der Waals surface area contributed by atoms with Gasteiger partial charge in [-0.3, -0.25) is 9.05 Å². The number of phosphoric ester groups is 1. The fourth-order valence-electron chi connectivity index (χ4n) is 6.00. The molecular formula is C34H64N2O7PS+. The van der Waals surface area contributed by atoms with E-state index in [1.807, 2.05) is 21.7 Å². The Hall–Kier alpha value is -1.03. The zero-order valence-electron chi connectivity index (χ0n) is 28.6. The van der Waals surface area contributed by atoms with Gasteiger partial charge in [0.25, 0.3) is 0 Å². The summed E-state index contributed by atoms with van der Waals surface area (Å²) < 4.78 is 37.1. The summed E-state index contributed by atoms with van der Waals surface area (Å²) in [5.41, 5.74) is 1.01. The molecule has 0 aromatic carbocycles. The van der Waals surface area contributed by atoms with E-state index in [-0.39, 0.29) is 19.3 Å². The van der Waals surface area contributed by atoms with Gasteiger partial charge in [-0.2, -0.15) is 4.57 Å². The molecule has 1 aliphatic rings. The average Bonchev–Trinajstić information content (AvgIpc) is 3.73. The minimum absolute atomic E-state index is 0.0451. The van der Waals surface area contributed by atoms with Crippen LogP contribution in [-0.4, -0.2) is 49.1 Å². The van der Waals surface area contributed by atoms with Gasteiger partial charge in [0.15, 0.2) is 12.2 Å². The zero-order chi connectivity index (χ0) is 32.6. The summed E-state index contributed by atoms with van der Waals surface area (Å²) in [5, 5.41) is 4.78. The van der Waals surface area contributed by atoms with E-state index in [9.17, 15) is 14.3 Å². The number of alkyl carbamates (subject to hydrolysis) is 1. The number of nitrogens with zero attached hydrogens (tertiary/aromatic N) is 1. The number of amides is 1. The van der Waals surface area contributed by atoms with Crippen molar-refractivity contribution < 1.29 is 37.3 Å². The Kier molecular flexibility index (Phi) is 21.6. The number of phosphoric acid groups is 1. The van der Waals surface area contributed by atoms with Crippen LogP contribution in [0.1, 0.15) is 155 Å². The molecule has 2 heterocycles. The Morgan fingerprint density at radius 1 is 0.956 bits per heavy atom. The highest BCUT2D eigenvalue weighted by atomic mass is 32.1. The van der Waals surface area contributed by atoms with Gasteiger partial charge in [0.1, 0.15) is 18.3 Å². The van der Waals surface area contributed by atoms with Gasteiger partial charge in [0.05, 0.1) is 12.0 Å². The maximum absolute atomic E-state index is 12.9. The van der Waals surface area contributed by atoms with Crippen LogP contribution < -0.4 is 9.88 Å². The molecule has 0 spiro atoms. The van der Waals surface area contributed by atoms with E-state index in [0.29, 0.717) is 19.6 Å². The van der Waals surface area contributed by atoms with Crippen LogP contribution in [0.25, 0.3) is 0 Å². The molecule has 0 aliphatic carbocycles. The molecule has 262 valence electrons. The highest BCUT2D eigenvalue weighted by molar-refractivity contribution is 7.47. The second kappa shape index (κ2) is 24.2. The fraction of sp³-hybridized carbons (Fsp3) is 0.882. The third-order valence-electron chi connectivity index (χ3n) is 8.74. The Balaban J connectivity index is 1.53. The van der Waals surface area contributed by atoms with E-state index < -0.39 is 25.6 Å². The second-order valence-corrected chi connectivity index (χ2v) is 15.0. The minimum Gasteiger partial charge on any atom is -0.446 e. The molecule has 4 atom stereocenters. The zero-order valence-corrected chi connectivity index (χ0v) is 30.3. The van der Waals surface area contributed by atoms with Gasteiger partial charge in [-0.15, -0.1) is 0 Å². The van der Waals surface area contributed by atoms with Crippen molar-refractivity contribution in [2.24, 2.45) is 0 Å². The average molecular weight is 676 g/mol. The number of rotatable bonds is 28. The van der Waals surface area contributed by atoms with Crippen LogP contribution in [-0.2, 0) is 23.1 Å². The Labute approximate surface area is 277 Å².